The maximum Gasteiger partial charge on any atom is 0.0336 e. The SMILES string of the molecule is [NH-]CC(=O)[N-]CC(=O)[N-]CC([NH-])=O.[Pd]. The van der Waals surface area contributed by atoms with Crippen molar-refractivity contribution in [1.82, 2.24) is 0 Å². The third-order valence-corrected chi connectivity index (χ3v) is 0.941. The first-order valence-corrected chi connectivity index (χ1v) is 3.36. The Morgan fingerprint density at radius 3 is 1.93 bits per heavy atom. The van der Waals surface area contributed by atoms with E-state index in [-0.39, 0.29) is 20.4 Å². The zero-order chi connectivity index (χ0) is 10.3. The topological polar surface area (TPSA) is 127 Å². The molecule has 14 heavy (non-hydrogen) atoms. The van der Waals surface area contributed by atoms with Crippen LogP contribution in [0.5, 0.6) is 0 Å². The summed E-state index contributed by atoms with van der Waals surface area (Å²) in [6.45, 7) is -1.47. The maximum atomic E-state index is 10.7. The van der Waals surface area contributed by atoms with Crippen LogP contribution >= 0.6 is 0 Å². The van der Waals surface area contributed by atoms with Gasteiger partial charge in [0.1, 0.15) is 0 Å². The van der Waals surface area contributed by atoms with Gasteiger partial charge >= 0.3 is 0 Å². The van der Waals surface area contributed by atoms with E-state index in [2.05, 4.69) is 10.6 Å². The van der Waals surface area contributed by atoms with Crippen LogP contribution < -0.4 is 0 Å². The summed E-state index contributed by atoms with van der Waals surface area (Å²) < 4.78 is 0. The summed E-state index contributed by atoms with van der Waals surface area (Å²) in [5, 5.41) is 6.33. The van der Waals surface area contributed by atoms with Crippen LogP contribution in [0.3, 0.4) is 0 Å². The molecule has 0 aromatic carbocycles. The van der Waals surface area contributed by atoms with Crippen LogP contribution in [0.1, 0.15) is 0 Å². The Morgan fingerprint density at radius 1 is 1.00 bits per heavy atom. The molecule has 7 nitrogen and oxygen atoms in total. The maximum absolute atomic E-state index is 10.7. The number of carbonyl (C=O) groups excluding carboxylic acids is 3. The molecule has 0 aromatic rings. The molecule has 0 aliphatic heterocycles. The summed E-state index contributed by atoms with van der Waals surface area (Å²) in [6, 6.07) is 0. The van der Waals surface area contributed by atoms with Crippen LogP contribution in [0, 0.1) is 0 Å². The molecule has 0 saturated heterocycles. The minimum atomic E-state index is -0.972. The summed E-state index contributed by atoms with van der Waals surface area (Å²) in [6.07, 6.45) is 0. The van der Waals surface area contributed by atoms with E-state index in [0.29, 0.717) is 0 Å². The molecule has 0 atom stereocenters. The van der Waals surface area contributed by atoms with Crippen molar-refractivity contribution in [3.05, 3.63) is 22.1 Å². The Kier molecular flexibility index (Phi) is 9.55. The van der Waals surface area contributed by atoms with Crippen LogP contribution in [0.25, 0.3) is 22.1 Å². The van der Waals surface area contributed by atoms with E-state index in [0.717, 1.165) is 0 Å². The summed E-state index contributed by atoms with van der Waals surface area (Å²) in [5.41, 5.74) is 13.0. The van der Waals surface area contributed by atoms with E-state index in [1.807, 2.05) is 0 Å². The van der Waals surface area contributed by atoms with Crippen LogP contribution in [0.15, 0.2) is 0 Å². The van der Waals surface area contributed by atoms with Gasteiger partial charge in [0, 0.05) is 38.1 Å². The molecule has 0 rings (SSSR count). The van der Waals surface area contributed by atoms with Crippen molar-refractivity contribution in [3.8, 4) is 0 Å². The summed E-state index contributed by atoms with van der Waals surface area (Å²) >= 11 is 0. The first-order chi connectivity index (χ1) is 6.06. The van der Waals surface area contributed by atoms with Gasteiger partial charge in [-0.3, -0.25) is 0 Å². The van der Waals surface area contributed by atoms with Gasteiger partial charge in [0.15, 0.2) is 0 Å². The van der Waals surface area contributed by atoms with Crippen molar-refractivity contribution in [2.75, 3.05) is 19.6 Å². The van der Waals surface area contributed by atoms with Gasteiger partial charge in [-0.05, 0) is 0 Å². The Balaban J connectivity index is 0. The van der Waals surface area contributed by atoms with Crippen molar-refractivity contribution >= 4 is 17.7 Å². The number of nitrogens with one attached hydrogen (secondary N) is 2. The molecule has 0 bridgehead atoms. The van der Waals surface area contributed by atoms with Gasteiger partial charge in [-0.1, -0.05) is 13.1 Å². The van der Waals surface area contributed by atoms with Gasteiger partial charge in [-0.15, -0.1) is 6.54 Å². The molecule has 84 valence electrons. The predicted molar refractivity (Wildman–Crippen MR) is 45.0 cm³/mol. The Labute approximate surface area is 94.6 Å². The number of rotatable bonds is 5. The van der Waals surface area contributed by atoms with E-state index in [9.17, 15) is 14.4 Å². The quantitative estimate of drug-likeness (QED) is 0.680. The van der Waals surface area contributed by atoms with E-state index >= 15 is 0 Å². The van der Waals surface area contributed by atoms with Gasteiger partial charge in [-0.25, -0.2) is 0 Å². The van der Waals surface area contributed by atoms with Gasteiger partial charge < -0.3 is 36.5 Å². The van der Waals surface area contributed by atoms with Crippen molar-refractivity contribution in [2.45, 2.75) is 0 Å². The summed E-state index contributed by atoms with van der Waals surface area (Å²) in [4.78, 5) is 31.1. The molecule has 8 heteroatoms. The minimum absolute atomic E-state index is 0. The summed E-state index contributed by atoms with van der Waals surface area (Å²) in [7, 11) is 0. The minimum Gasteiger partial charge on any atom is -0.673 e. The first-order valence-electron chi connectivity index (χ1n) is 3.36. The predicted octanol–water partition coefficient (Wildman–Crippen LogP) is 0.416. The molecule has 0 fully saturated rings. The van der Waals surface area contributed by atoms with Gasteiger partial charge in [0.25, 0.3) is 0 Å². The van der Waals surface area contributed by atoms with Gasteiger partial charge in [0.2, 0.25) is 0 Å². The Hall–Kier alpha value is -0.968. The normalized spacial score (nSPS) is 8.36. The zero-order valence-corrected chi connectivity index (χ0v) is 8.61. The van der Waals surface area contributed by atoms with Crippen molar-refractivity contribution in [2.24, 2.45) is 0 Å². The summed E-state index contributed by atoms with van der Waals surface area (Å²) in [5.74, 6) is -2.41. The Morgan fingerprint density at radius 2 is 1.50 bits per heavy atom. The molecule has 0 aliphatic rings. The molecular weight excluding hydrogens is 283 g/mol. The molecular formula is C6H8N4O3Pd-4. The molecule has 0 aliphatic carbocycles. The van der Waals surface area contributed by atoms with Crippen molar-refractivity contribution in [3.63, 3.8) is 0 Å². The van der Waals surface area contributed by atoms with E-state index in [1.54, 1.807) is 0 Å². The molecule has 2 N–H and O–H groups in total. The van der Waals surface area contributed by atoms with E-state index in [1.165, 1.54) is 0 Å². The van der Waals surface area contributed by atoms with Crippen LogP contribution in [-0.4, -0.2) is 37.4 Å². The number of carbonyl (C=O) groups is 3. The van der Waals surface area contributed by atoms with Gasteiger partial charge in [-0.2, -0.15) is 0 Å². The second-order valence-electron chi connectivity index (χ2n) is 2.02. The van der Waals surface area contributed by atoms with E-state index < -0.39 is 37.4 Å². The molecule has 0 heterocycles. The molecule has 0 aromatic heterocycles. The average Bonchev–Trinajstić information content (AvgIpc) is 2.10. The van der Waals surface area contributed by atoms with Crippen molar-refractivity contribution in [1.29, 1.82) is 0 Å². The largest absolute Gasteiger partial charge is 0.673 e. The monoisotopic (exact) mass is 290 g/mol. The molecule has 0 unspecified atom stereocenters. The fraction of sp³-hybridized carbons (Fsp3) is 0.500. The van der Waals surface area contributed by atoms with Crippen molar-refractivity contribution < 1.29 is 34.8 Å². The standard InChI is InChI=1S/C6H11N4O3.Pd/c7-1-5(12)10-3-6(13)9-2-4(8)11;/h7H,1-3H2,(H4,8,9,10,11,12,13);/q-1;/p-3. The Bertz CT molecular complexity index is 221. The zero-order valence-electron chi connectivity index (χ0n) is 7.06. The third-order valence-electron chi connectivity index (χ3n) is 0.941. The molecule has 0 spiro atoms. The van der Waals surface area contributed by atoms with Crippen LogP contribution in [-0.2, 0) is 34.8 Å². The van der Waals surface area contributed by atoms with Crippen LogP contribution in [0.2, 0.25) is 0 Å². The number of hydrogen-bond donors (Lipinski definition) is 0. The van der Waals surface area contributed by atoms with Crippen LogP contribution in [0.4, 0.5) is 0 Å². The number of amides is 3. The molecule has 0 saturated carbocycles. The smallest absolute Gasteiger partial charge is 0.0336 e. The number of nitrogens with zero attached hydrogens (tertiary/aromatic N) is 2. The van der Waals surface area contributed by atoms with E-state index in [4.69, 9.17) is 11.5 Å². The molecule has 0 radical (unpaired) electrons. The first kappa shape index (κ1) is 15.5. The average molecular weight is 291 g/mol. The van der Waals surface area contributed by atoms with Gasteiger partial charge in [0.05, 0.1) is 0 Å². The fourth-order valence-corrected chi connectivity index (χ4v) is 0.422. The second kappa shape index (κ2) is 8.62. The fourth-order valence-electron chi connectivity index (χ4n) is 0.422. The number of hydrogen-bond acceptors (Lipinski definition) is 3. The molecule has 3 amide bonds. The second-order valence-corrected chi connectivity index (χ2v) is 2.02. The third kappa shape index (κ3) is 9.12.